The number of carbonyl (C=O) groups is 1. The third kappa shape index (κ3) is 2.82. The Balaban J connectivity index is 3.55. The third-order valence-corrected chi connectivity index (χ3v) is 2.82. The number of carbonyl (C=O) groups excluding carboxylic acids is 1. The van der Waals surface area contributed by atoms with Crippen molar-refractivity contribution in [3.63, 3.8) is 0 Å². The van der Waals surface area contributed by atoms with Gasteiger partial charge in [-0.2, -0.15) is 18.4 Å². The van der Waals surface area contributed by atoms with E-state index in [-0.39, 0.29) is 16.5 Å². The van der Waals surface area contributed by atoms with Crippen LogP contribution >= 0.6 is 15.9 Å². The van der Waals surface area contributed by atoms with Gasteiger partial charge in [0.1, 0.15) is 0 Å². The molecule has 0 aliphatic carbocycles. The number of esters is 1. The van der Waals surface area contributed by atoms with E-state index in [2.05, 4.69) is 20.7 Å². The van der Waals surface area contributed by atoms with Gasteiger partial charge in [-0.1, -0.05) is 15.9 Å². The molecule has 96 valence electrons. The topological polar surface area (TPSA) is 50.1 Å². The standard InChI is InChI=1S/C11H7BrF3NO2/c1-18-10(17)8-3-9(11(13,14)15)7(5-16)2-6(8)4-12/h2-3H,4H2,1H3. The van der Waals surface area contributed by atoms with Crippen LogP contribution in [0.3, 0.4) is 0 Å². The van der Waals surface area contributed by atoms with E-state index in [1.165, 1.54) is 6.07 Å². The van der Waals surface area contributed by atoms with Crippen molar-refractivity contribution in [3.8, 4) is 6.07 Å². The number of halogens is 4. The summed E-state index contributed by atoms with van der Waals surface area (Å²) in [5.41, 5.74) is -1.60. The molecule has 0 bridgehead atoms. The van der Waals surface area contributed by atoms with Gasteiger partial charge in [-0.15, -0.1) is 0 Å². The van der Waals surface area contributed by atoms with Gasteiger partial charge >= 0.3 is 12.1 Å². The number of benzene rings is 1. The van der Waals surface area contributed by atoms with Gasteiger partial charge in [0.25, 0.3) is 0 Å². The molecular weight excluding hydrogens is 315 g/mol. The Morgan fingerprint density at radius 3 is 2.50 bits per heavy atom. The van der Waals surface area contributed by atoms with Crippen molar-refractivity contribution in [2.75, 3.05) is 7.11 Å². The molecule has 3 nitrogen and oxygen atoms in total. The highest BCUT2D eigenvalue weighted by atomic mass is 79.9. The smallest absolute Gasteiger partial charge is 0.417 e. The lowest BCUT2D eigenvalue weighted by Crippen LogP contribution is -2.13. The maximum absolute atomic E-state index is 12.7. The molecule has 0 heterocycles. The Hall–Kier alpha value is -1.55. The second kappa shape index (κ2) is 5.40. The largest absolute Gasteiger partial charge is 0.465 e. The lowest BCUT2D eigenvalue weighted by Gasteiger charge is -2.13. The van der Waals surface area contributed by atoms with Gasteiger partial charge < -0.3 is 4.74 Å². The van der Waals surface area contributed by atoms with E-state index < -0.39 is 23.3 Å². The second-order valence-electron chi connectivity index (χ2n) is 3.29. The molecule has 0 spiro atoms. The van der Waals surface area contributed by atoms with E-state index >= 15 is 0 Å². The molecule has 0 aliphatic rings. The normalized spacial score (nSPS) is 10.9. The summed E-state index contributed by atoms with van der Waals surface area (Å²) in [6, 6.07) is 3.14. The number of ether oxygens (including phenoxy) is 1. The molecule has 0 atom stereocenters. The van der Waals surface area contributed by atoms with Crippen LogP contribution in [-0.2, 0) is 16.2 Å². The number of rotatable bonds is 2. The van der Waals surface area contributed by atoms with Crippen molar-refractivity contribution in [1.29, 1.82) is 5.26 Å². The Morgan fingerprint density at radius 1 is 1.50 bits per heavy atom. The molecule has 0 N–H and O–H groups in total. The van der Waals surface area contributed by atoms with E-state index in [4.69, 9.17) is 5.26 Å². The summed E-state index contributed by atoms with van der Waals surface area (Å²) in [4.78, 5) is 11.4. The maximum atomic E-state index is 12.7. The van der Waals surface area contributed by atoms with Crippen LogP contribution in [-0.4, -0.2) is 13.1 Å². The number of nitrogens with zero attached hydrogens (tertiary/aromatic N) is 1. The number of hydrogen-bond donors (Lipinski definition) is 0. The monoisotopic (exact) mass is 321 g/mol. The number of nitriles is 1. The first-order chi connectivity index (χ1) is 8.35. The fraction of sp³-hybridized carbons (Fsp3) is 0.273. The first-order valence-corrected chi connectivity index (χ1v) is 5.75. The molecule has 0 unspecified atom stereocenters. The average Bonchev–Trinajstić information content (AvgIpc) is 2.34. The fourth-order valence-electron chi connectivity index (χ4n) is 1.38. The van der Waals surface area contributed by atoms with Crippen LogP contribution in [0, 0.1) is 11.3 Å². The maximum Gasteiger partial charge on any atom is 0.417 e. The second-order valence-corrected chi connectivity index (χ2v) is 3.85. The predicted molar refractivity (Wildman–Crippen MR) is 60.1 cm³/mol. The summed E-state index contributed by atoms with van der Waals surface area (Å²) >= 11 is 3.05. The molecule has 7 heteroatoms. The Morgan fingerprint density at radius 2 is 2.11 bits per heavy atom. The summed E-state index contributed by atoms with van der Waals surface area (Å²) < 4.78 is 42.5. The molecular formula is C11H7BrF3NO2. The van der Waals surface area contributed by atoms with Gasteiger partial charge in [0, 0.05) is 5.33 Å². The van der Waals surface area contributed by atoms with E-state index in [9.17, 15) is 18.0 Å². The Kier molecular flexibility index (Phi) is 4.35. The molecule has 0 aromatic heterocycles. The van der Waals surface area contributed by atoms with Crippen molar-refractivity contribution >= 4 is 21.9 Å². The minimum atomic E-state index is -4.70. The molecule has 1 aromatic carbocycles. The lowest BCUT2D eigenvalue weighted by molar-refractivity contribution is -0.137. The third-order valence-electron chi connectivity index (χ3n) is 2.22. The van der Waals surface area contributed by atoms with Crippen LogP contribution in [0.2, 0.25) is 0 Å². The SMILES string of the molecule is COC(=O)c1cc(C(F)(F)F)c(C#N)cc1CBr. The number of alkyl halides is 4. The molecule has 0 amide bonds. The van der Waals surface area contributed by atoms with Crippen LogP contribution in [0.5, 0.6) is 0 Å². The summed E-state index contributed by atoms with van der Waals surface area (Å²) in [6.07, 6.45) is -4.70. The van der Waals surface area contributed by atoms with Crippen LogP contribution in [0.25, 0.3) is 0 Å². The minimum absolute atomic E-state index is 0.143. The van der Waals surface area contributed by atoms with Gasteiger partial charge in [0.15, 0.2) is 0 Å². The van der Waals surface area contributed by atoms with E-state index in [0.29, 0.717) is 6.07 Å². The van der Waals surface area contributed by atoms with Crippen LogP contribution in [0.15, 0.2) is 12.1 Å². The molecule has 0 aliphatic heterocycles. The highest BCUT2D eigenvalue weighted by Gasteiger charge is 2.35. The summed E-state index contributed by atoms with van der Waals surface area (Å²) in [5, 5.41) is 8.85. The minimum Gasteiger partial charge on any atom is -0.465 e. The Labute approximate surface area is 109 Å². The lowest BCUT2D eigenvalue weighted by atomic mass is 9.99. The summed E-state index contributed by atoms with van der Waals surface area (Å²) in [5.74, 6) is -0.876. The van der Waals surface area contributed by atoms with E-state index in [0.717, 1.165) is 13.2 Å². The molecule has 0 fully saturated rings. The zero-order valence-electron chi connectivity index (χ0n) is 9.14. The molecule has 18 heavy (non-hydrogen) atoms. The fourth-order valence-corrected chi connectivity index (χ4v) is 1.85. The van der Waals surface area contributed by atoms with Crippen LogP contribution < -0.4 is 0 Å². The van der Waals surface area contributed by atoms with Crippen molar-refractivity contribution in [2.45, 2.75) is 11.5 Å². The highest BCUT2D eigenvalue weighted by Crippen LogP contribution is 2.34. The van der Waals surface area contributed by atoms with Crippen LogP contribution in [0.1, 0.15) is 27.0 Å². The van der Waals surface area contributed by atoms with Gasteiger partial charge in [-0.05, 0) is 17.7 Å². The van der Waals surface area contributed by atoms with Crippen molar-refractivity contribution < 1.29 is 22.7 Å². The molecule has 0 radical (unpaired) electrons. The summed E-state index contributed by atoms with van der Waals surface area (Å²) in [7, 11) is 1.08. The van der Waals surface area contributed by atoms with Crippen LogP contribution in [0.4, 0.5) is 13.2 Å². The van der Waals surface area contributed by atoms with Gasteiger partial charge in [0.05, 0.1) is 29.9 Å². The van der Waals surface area contributed by atoms with E-state index in [1.54, 1.807) is 0 Å². The predicted octanol–water partition coefficient (Wildman–Crippen LogP) is 3.26. The average molecular weight is 322 g/mol. The molecule has 1 rings (SSSR count). The number of methoxy groups -OCH3 is 1. The van der Waals surface area contributed by atoms with Gasteiger partial charge in [-0.25, -0.2) is 4.79 Å². The quantitative estimate of drug-likeness (QED) is 0.620. The van der Waals surface area contributed by atoms with E-state index in [1.807, 2.05) is 0 Å². The Bertz CT molecular complexity index is 520. The number of hydrogen-bond acceptors (Lipinski definition) is 3. The molecule has 0 saturated heterocycles. The molecule has 1 aromatic rings. The zero-order valence-corrected chi connectivity index (χ0v) is 10.7. The molecule has 0 saturated carbocycles. The highest BCUT2D eigenvalue weighted by molar-refractivity contribution is 9.08. The van der Waals surface area contributed by atoms with Crippen molar-refractivity contribution in [2.24, 2.45) is 0 Å². The van der Waals surface area contributed by atoms with Gasteiger partial charge in [0.2, 0.25) is 0 Å². The van der Waals surface area contributed by atoms with Crippen molar-refractivity contribution in [1.82, 2.24) is 0 Å². The zero-order chi connectivity index (χ0) is 13.9. The summed E-state index contributed by atoms with van der Waals surface area (Å²) in [6.45, 7) is 0. The first kappa shape index (κ1) is 14.5. The first-order valence-electron chi connectivity index (χ1n) is 4.63. The van der Waals surface area contributed by atoms with Crippen molar-refractivity contribution in [3.05, 3.63) is 34.4 Å². The van der Waals surface area contributed by atoms with Gasteiger partial charge in [-0.3, -0.25) is 0 Å².